The lowest BCUT2D eigenvalue weighted by molar-refractivity contribution is 0.614. The van der Waals surface area contributed by atoms with Crippen molar-refractivity contribution in [3.63, 3.8) is 0 Å². The fraction of sp³-hybridized carbons (Fsp3) is 0.417. The van der Waals surface area contributed by atoms with E-state index in [9.17, 15) is 4.39 Å². The van der Waals surface area contributed by atoms with E-state index in [2.05, 4.69) is 5.32 Å². The number of hydrogen-bond acceptors (Lipinski definition) is 3. The van der Waals surface area contributed by atoms with Gasteiger partial charge < -0.3 is 16.0 Å². The molecule has 4 N–H and O–H groups in total. The van der Waals surface area contributed by atoms with Crippen molar-refractivity contribution in [2.75, 3.05) is 32.2 Å². The molecule has 0 bridgehead atoms. The van der Waals surface area contributed by atoms with Crippen LogP contribution in [-0.2, 0) is 0 Å². The summed E-state index contributed by atoms with van der Waals surface area (Å²) in [6.07, 6.45) is 0. The maximum absolute atomic E-state index is 13.5. The fourth-order valence-corrected chi connectivity index (χ4v) is 1.31. The predicted molar refractivity (Wildman–Crippen MR) is 72.2 cm³/mol. The first-order valence-electron chi connectivity index (χ1n) is 5.50. The highest BCUT2D eigenvalue weighted by molar-refractivity contribution is 6.02. The molecule has 0 saturated heterocycles. The first-order chi connectivity index (χ1) is 7.97. The molecule has 0 spiro atoms. The van der Waals surface area contributed by atoms with Crippen LogP contribution in [0.1, 0.15) is 19.4 Å². The Morgan fingerprint density at radius 1 is 1.35 bits per heavy atom. The molecule has 0 radical (unpaired) electrons. The number of benzene rings is 1. The molecule has 96 valence electrons. The molecule has 0 atom stereocenters. The van der Waals surface area contributed by atoms with Crippen molar-refractivity contribution < 1.29 is 4.39 Å². The third-order valence-electron chi connectivity index (χ3n) is 2.06. The fourth-order valence-electron chi connectivity index (χ4n) is 1.31. The van der Waals surface area contributed by atoms with E-state index >= 15 is 0 Å². The number of nitrogens with zero attached hydrogens (tertiary/aromatic N) is 1. The summed E-state index contributed by atoms with van der Waals surface area (Å²) >= 11 is 0. The maximum Gasteiger partial charge on any atom is 0.149 e. The van der Waals surface area contributed by atoms with Crippen LogP contribution < -0.4 is 11.1 Å². The van der Waals surface area contributed by atoms with E-state index in [1.807, 2.05) is 13.8 Å². The van der Waals surface area contributed by atoms with Gasteiger partial charge in [-0.1, -0.05) is 13.8 Å². The van der Waals surface area contributed by atoms with E-state index in [0.717, 1.165) is 0 Å². The van der Waals surface area contributed by atoms with Crippen molar-refractivity contribution in [3.05, 3.63) is 23.5 Å². The monoisotopic (exact) mass is 240 g/mol. The first kappa shape index (κ1) is 15.2. The van der Waals surface area contributed by atoms with Crippen LogP contribution >= 0.6 is 0 Å². The molecule has 0 unspecified atom stereocenters. The van der Waals surface area contributed by atoms with Gasteiger partial charge in [-0.3, -0.25) is 5.41 Å². The highest BCUT2D eigenvalue weighted by Crippen LogP contribution is 2.23. The molecule has 0 fully saturated rings. The van der Waals surface area contributed by atoms with Crippen LogP contribution in [-0.4, -0.2) is 31.9 Å². The van der Waals surface area contributed by atoms with E-state index < -0.39 is 5.82 Å². The highest BCUT2D eigenvalue weighted by atomic mass is 19.1. The largest absolute Gasteiger partial charge is 0.399 e. The van der Waals surface area contributed by atoms with Crippen molar-refractivity contribution in [2.45, 2.75) is 13.8 Å². The minimum Gasteiger partial charge on any atom is -0.399 e. The SMILES string of the molecule is CC.CNc1c(F)cc(N)cc1C(=N)N(C)C. The van der Waals surface area contributed by atoms with Crippen LogP contribution in [0.5, 0.6) is 0 Å². The normalized spacial score (nSPS) is 9.06. The summed E-state index contributed by atoms with van der Waals surface area (Å²) in [5.41, 5.74) is 6.60. The van der Waals surface area contributed by atoms with Gasteiger partial charge in [-0.2, -0.15) is 0 Å². The highest BCUT2D eigenvalue weighted by Gasteiger charge is 2.13. The third-order valence-corrected chi connectivity index (χ3v) is 2.06. The van der Waals surface area contributed by atoms with E-state index in [4.69, 9.17) is 11.1 Å². The molecule has 0 aromatic heterocycles. The second-order valence-corrected chi connectivity index (χ2v) is 3.42. The number of rotatable bonds is 2. The molecule has 1 aromatic rings. The Morgan fingerprint density at radius 2 is 1.88 bits per heavy atom. The number of anilines is 2. The Balaban J connectivity index is 0.00000121. The average Bonchev–Trinajstić information content (AvgIpc) is 2.29. The van der Waals surface area contributed by atoms with Crippen LogP contribution in [0.25, 0.3) is 0 Å². The molecular formula is C12H21FN4. The maximum atomic E-state index is 13.5. The van der Waals surface area contributed by atoms with Crippen molar-refractivity contribution >= 4 is 17.2 Å². The van der Waals surface area contributed by atoms with E-state index in [0.29, 0.717) is 16.9 Å². The zero-order valence-electron chi connectivity index (χ0n) is 11.1. The quantitative estimate of drug-likeness (QED) is 0.422. The zero-order valence-corrected chi connectivity index (χ0v) is 11.1. The minimum absolute atomic E-state index is 0.213. The van der Waals surface area contributed by atoms with E-state index in [1.165, 1.54) is 6.07 Å². The lowest BCUT2D eigenvalue weighted by Crippen LogP contribution is -2.23. The van der Waals surface area contributed by atoms with Crippen molar-refractivity contribution in [2.24, 2.45) is 0 Å². The summed E-state index contributed by atoms with van der Waals surface area (Å²) < 4.78 is 13.5. The van der Waals surface area contributed by atoms with Gasteiger partial charge in [-0.05, 0) is 12.1 Å². The first-order valence-corrected chi connectivity index (χ1v) is 5.50. The minimum atomic E-state index is -0.445. The Bertz CT molecular complexity index is 388. The molecular weight excluding hydrogens is 219 g/mol. The van der Waals surface area contributed by atoms with Crippen molar-refractivity contribution in [1.29, 1.82) is 5.41 Å². The zero-order chi connectivity index (χ0) is 13.6. The van der Waals surface area contributed by atoms with Crippen LogP contribution in [0.15, 0.2) is 12.1 Å². The Hall–Kier alpha value is -1.78. The van der Waals surface area contributed by atoms with Gasteiger partial charge in [0.25, 0.3) is 0 Å². The van der Waals surface area contributed by atoms with Gasteiger partial charge >= 0.3 is 0 Å². The van der Waals surface area contributed by atoms with Gasteiger partial charge in [0, 0.05) is 32.4 Å². The van der Waals surface area contributed by atoms with Gasteiger partial charge in [-0.25, -0.2) is 4.39 Å². The summed E-state index contributed by atoms with van der Waals surface area (Å²) in [5.74, 6) is -0.232. The Labute approximate surface area is 102 Å². The summed E-state index contributed by atoms with van der Waals surface area (Å²) in [7, 11) is 5.06. The molecule has 0 heterocycles. The number of nitrogen functional groups attached to an aromatic ring is 1. The number of nitrogens with one attached hydrogen (secondary N) is 2. The molecule has 0 saturated carbocycles. The van der Waals surface area contributed by atoms with Gasteiger partial charge in [0.05, 0.1) is 5.69 Å². The molecule has 0 aliphatic carbocycles. The van der Waals surface area contributed by atoms with Crippen LogP contribution in [0.2, 0.25) is 0 Å². The number of halogens is 1. The molecule has 0 amide bonds. The van der Waals surface area contributed by atoms with Crippen molar-refractivity contribution in [1.82, 2.24) is 4.90 Å². The van der Waals surface area contributed by atoms with Gasteiger partial charge in [0.15, 0.2) is 0 Å². The molecule has 17 heavy (non-hydrogen) atoms. The van der Waals surface area contributed by atoms with Crippen LogP contribution in [0.3, 0.4) is 0 Å². The standard InChI is InChI=1S/C10H15FN4.C2H6/c1-14-9-7(10(13)15(2)3)4-6(12)5-8(9)11;1-2/h4-5,13-14H,12H2,1-3H3;1-2H3. The van der Waals surface area contributed by atoms with Crippen LogP contribution in [0, 0.1) is 11.2 Å². The number of hydrogen-bond donors (Lipinski definition) is 3. The summed E-state index contributed by atoms with van der Waals surface area (Å²) in [6, 6.07) is 2.82. The Morgan fingerprint density at radius 3 is 2.29 bits per heavy atom. The predicted octanol–water partition coefficient (Wildman–Crippen LogP) is 2.36. The smallest absolute Gasteiger partial charge is 0.149 e. The average molecular weight is 240 g/mol. The summed E-state index contributed by atoms with van der Waals surface area (Å²) in [4.78, 5) is 1.59. The summed E-state index contributed by atoms with van der Waals surface area (Å²) in [6.45, 7) is 4.00. The van der Waals surface area contributed by atoms with Crippen LogP contribution in [0.4, 0.5) is 15.8 Å². The van der Waals surface area contributed by atoms with Gasteiger partial charge in [0.1, 0.15) is 11.7 Å². The summed E-state index contributed by atoms with van der Waals surface area (Å²) in [5, 5.41) is 10.5. The van der Waals surface area contributed by atoms with Crippen molar-refractivity contribution in [3.8, 4) is 0 Å². The molecule has 4 nitrogen and oxygen atoms in total. The topological polar surface area (TPSA) is 65.1 Å². The lowest BCUT2D eigenvalue weighted by atomic mass is 10.1. The molecule has 0 aliphatic heterocycles. The number of nitrogens with two attached hydrogens (primary N) is 1. The van der Waals surface area contributed by atoms with E-state index in [1.54, 1.807) is 32.1 Å². The third kappa shape index (κ3) is 3.62. The molecule has 5 heteroatoms. The number of amidine groups is 1. The molecule has 0 aliphatic rings. The molecule has 1 aromatic carbocycles. The lowest BCUT2D eigenvalue weighted by Gasteiger charge is -2.17. The second-order valence-electron chi connectivity index (χ2n) is 3.42. The van der Waals surface area contributed by atoms with E-state index in [-0.39, 0.29) is 5.84 Å². The molecule has 1 rings (SSSR count). The van der Waals surface area contributed by atoms with Gasteiger partial charge in [0.2, 0.25) is 0 Å². The van der Waals surface area contributed by atoms with Gasteiger partial charge in [-0.15, -0.1) is 0 Å². The second kappa shape index (κ2) is 6.73. The Kier molecular flexibility index (Phi) is 6.02.